The Morgan fingerprint density at radius 3 is 2.65 bits per heavy atom. The molecule has 0 N–H and O–H groups in total. The fourth-order valence-corrected chi connectivity index (χ4v) is 4.85. The van der Waals surface area contributed by atoms with Crippen LogP contribution in [0, 0.1) is 6.92 Å². The SMILES string of the molecule is Cc1ccc(-n2c(SCc3ccc(Cl)c4cccnc34)nnc2N2CCOCC2)cc1. The third-order valence-corrected chi connectivity index (χ3v) is 6.67. The number of aryl methyl sites for hydroxylation is 1. The first-order valence-corrected chi connectivity index (χ1v) is 11.6. The van der Waals surface area contributed by atoms with Crippen LogP contribution in [0.4, 0.5) is 5.95 Å². The third-order valence-electron chi connectivity index (χ3n) is 5.36. The smallest absolute Gasteiger partial charge is 0.232 e. The maximum absolute atomic E-state index is 6.36. The second-order valence-corrected chi connectivity index (χ2v) is 8.80. The summed E-state index contributed by atoms with van der Waals surface area (Å²) in [7, 11) is 0. The van der Waals surface area contributed by atoms with Gasteiger partial charge in [-0.05, 0) is 42.8 Å². The van der Waals surface area contributed by atoms with Crippen molar-refractivity contribution in [3.05, 3.63) is 70.9 Å². The summed E-state index contributed by atoms with van der Waals surface area (Å²) in [5, 5.41) is 11.6. The van der Waals surface area contributed by atoms with E-state index < -0.39 is 0 Å². The standard InChI is InChI=1S/C23H22ClN5OS/c1-16-4-7-18(8-5-16)29-22(28-11-13-30-14-12-28)26-27-23(29)31-15-17-6-9-20(24)19-3-2-10-25-21(17)19/h2-10H,11-15H2,1H3. The number of anilines is 1. The van der Waals surface area contributed by atoms with E-state index in [-0.39, 0.29) is 0 Å². The quantitative estimate of drug-likeness (QED) is 0.402. The Morgan fingerprint density at radius 1 is 1.03 bits per heavy atom. The van der Waals surface area contributed by atoms with Gasteiger partial charge in [0, 0.05) is 35.4 Å². The molecule has 6 nitrogen and oxygen atoms in total. The molecule has 158 valence electrons. The zero-order chi connectivity index (χ0) is 21.2. The maximum atomic E-state index is 6.36. The van der Waals surface area contributed by atoms with Gasteiger partial charge in [0.2, 0.25) is 5.95 Å². The van der Waals surface area contributed by atoms with Crippen molar-refractivity contribution < 1.29 is 4.74 Å². The van der Waals surface area contributed by atoms with Gasteiger partial charge in [-0.1, -0.05) is 47.1 Å². The van der Waals surface area contributed by atoms with Gasteiger partial charge in [-0.2, -0.15) is 0 Å². The number of morpholine rings is 1. The van der Waals surface area contributed by atoms with Gasteiger partial charge in [0.15, 0.2) is 5.16 Å². The number of hydrogen-bond donors (Lipinski definition) is 0. The number of nitrogens with zero attached hydrogens (tertiary/aromatic N) is 5. The molecule has 1 fully saturated rings. The molecule has 0 spiro atoms. The average molecular weight is 452 g/mol. The van der Waals surface area contributed by atoms with Gasteiger partial charge in [-0.15, -0.1) is 10.2 Å². The van der Waals surface area contributed by atoms with Crippen molar-refractivity contribution >= 4 is 40.2 Å². The topological polar surface area (TPSA) is 56.1 Å². The Morgan fingerprint density at radius 2 is 1.84 bits per heavy atom. The molecule has 0 bridgehead atoms. The Balaban J connectivity index is 1.50. The van der Waals surface area contributed by atoms with Crippen LogP contribution in [0.3, 0.4) is 0 Å². The van der Waals surface area contributed by atoms with Gasteiger partial charge >= 0.3 is 0 Å². The number of aromatic nitrogens is 4. The molecule has 0 aliphatic carbocycles. The maximum Gasteiger partial charge on any atom is 0.232 e. The van der Waals surface area contributed by atoms with Crippen LogP contribution in [0.2, 0.25) is 5.02 Å². The van der Waals surface area contributed by atoms with Crippen molar-refractivity contribution in [2.75, 3.05) is 31.2 Å². The fourth-order valence-electron chi connectivity index (χ4n) is 3.70. The first-order valence-electron chi connectivity index (χ1n) is 10.2. The lowest BCUT2D eigenvalue weighted by molar-refractivity contribution is 0.122. The lowest BCUT2D eigenvalue weighted by Crippen LogP contribution is -2.37. The number of pyridine rings is 1. The molecular weight excluding hydrogens is 430 g/mol. The first kappa shape index (κ1) is 20.3. The van der Waals surface area contributed by atoms with E-state index in [1.807, 2.05) is 24.3 Å². The van der Waals surface area contributed by atoms with E-state index in [0.29, 0.717) is 18.2 Å². The monoisotopic (exact) mass is 451 g/mol. The summed E-state index contributed by atoms with van der Waals surface area (Å²) in [6, 6.07) is 16.4. The van der Waals surface area contributed by atoms with E-state index in [0.717, 1.165) is 52.1 Å². The molecule has 2 aromatic heterocycles. The molecule has 0 amide bonds. The Hall–Kier alpha value is -2.61. The molecule has 4 aromatic rings. The third kappa shape index (κ3) is 4.13. The van der Waals surface area contributed by atoms with E-state index in [4.69, 9.17) is 16.3 Å². The van der Waals surface area contributed by atoms with Crippen molar-refractivity contribution in [1.82, 2.24) is 19.7 Å². The van der Waals surface area contributed by atoms with Crippen LogP contribution in [0.5, 0.6) is 0 Å². The molecular formula is C23H22ClN5OS. The van der Waals surface area contributed by atoms with E-state index in [2.05, 4.69) is 55.8 Å². The summed E-state index contributed by atoms with van der Waals surface area (Å²) >= 11 is 8.02. The van der Waals surface area contributed by atoms with Crippen molar-refractivity contribution in [3.8, 4) is 5.69 Å². The average Bonchev–Trinajstić information content (AvgIpc) is 3.24. The summed E-state index contributed by atoms with van der Waals surface area (Å²) in [6.07, 6.45) is 1.80. The number of benzene rings is 2. The van der Waals surface area contributed by atoms with E-state index in [1.165, 1.54) is 5.56 Å². The molecule has 0 radical (unpaired) electrons. The lowest BCUT2D eigenvalue weighted by atomic mass is 10.1. The molecule has 5 rings (SSSR count). The minimum atomic E-state index is 0.700. The second-order valence-electron chi connectivity index (χ2n) is 7.45. The number of thioether (sulfide) groups is 1. The second kappa shape index (κ2) is 8.86. The van der Waals surface area contributed by atoms with Crippen LogP contribution < -0.4 is 4.90 Å². The van der Waals surface area contributed by atoms with Crippen molar-refractivity contribution in [1.29, 1.82) is 0 Å². The number of hydrogen-bond acceptors (Lipinski definition) is 6. The van der Waals surface area contributed by atoms with Gasteiger partial charge in [0.05, 0.1) is 24.4 Å². The number of fused-ring (bicyclic) bond motifs is 1. The van der Waals surface area contributed by atoms with E-state index in [9.17, 15) is 0 Å². The molecule has 31 heavy (non-hydrogen) atoms. The molecule has 8 heteroatoms. The summed E-state index contributed by atoms with van der Waals surface area (Å²) in [5.74, 6) is 1.58. The van der Waals surface area contributed by atoms with Gasteiger partial charge in [-0.3, -0.25) is 9.55 Å². The Kier molecular flexibility index (Phi) is 5.80. The van der Waals surface area contributed by atoms with Gasteiger partial charge in [0.25, 0.3) is 0 Å². The highest BCUT2D eigenvalue weighted by Crippen LogP contribution is 2.32. The molecule has 1 saturated heterocycles. The molecule has 3 heterocycles. The summed E-state index contributed by atoms with van der Waals surface area (Å²) in [6.45, 7) is 5.10. The minimum Gasteiger partial charge on any atom is -0.378 e. The van der Waals surface area contributed by atoms with Crippen molar-refractivity contribution in [2.45, 2.75) is 17.8 Å². The van der Waals surface area contributed by atoms with Gasteiger partial charge < -0.3 is 9.64 Å². The van der Waals surface area contributed by atoms with Crippen LogP contribution in [0.1, 0.15) is 11.1 Å². The highest BCUT2D eigenvalue weighted by Gasteiger charge is 2.22. The molecule has 1 aliphatic rings. The van der Waals surface area contributed by atoms with Crippen LogP contribution in [-0.2, 0) is 10.5 Å². The first-order chi connectivity index (χ1) is 15.2. The number of ether oxygens (including phenoxy) is 1. The van der Waals surface area contributed by atoms with Crippen molar-refractivity contribution in [2.24, 2.45) is 0 Å². The predicted octanol–water partition coefficient (Wildman–Crippen LogP) is 4.91. The molecule has 2 aromatic carbocycles. The van der Waals surface area contributed by atoms with E-state index >= 15 is 0 Å². The highest BCUT2D eigenvalue weighted by atomic mass is 35.5. The molecule has 0 atom stereocenters. The number of rotatable bonds is 5. The largest absolute Gasteiger partial charge is 0.378 e. The fraction of sp³-hybridized carbons (Fsp3) is 0.261. The zero-order valence-corrected chi connectivity index (χ0v) is 18.7. The van der Waals surface area contributed by atoms with Crippen LogP contribution in [-0.4, -0.2) is 46.1 Å². The summed E-state index contributed by atoms with van der Waals surface area (Å²) < 4.78 is 7.66. The van der Waals surface area contributed by atoms with Crippen LogP contribution in [0.15, 0.2) is 59.9 Å². The lowest BCUT2D eigenvalue weighted by Gasteiger charge is -2.28. The summed E-state index contributed by atoms with van der Waals surface area (Å²) in [4.78, 5) is 6.80. The molecule has 0 unspecified atom stereocenters. The minimum absolute atomic E-state index is 0.700. The van der Waals surface area contributed by atoms with Crippen molar-refractivity contribution in [3.63, 3.8) is 0 Å². The normalized spacial score (nSPS) is 14.3. The van der Waals surface area contributed by atoms with E-state index in [1.54, 1.807) is 18.0 Å². The van der Waals surface area contributed by atoms with Gasteiger partial charge in [0.1, 0.15) is 0 Å². The number of halogens is 1. The van der Waals surface area contributed by atoms with Crippen LogP contribution in [0.25, 0.3) is 16.6 Å². The highest BCUT2D eigenvalue weighted by molar-refractivity contribution is 7.98. The van der Waals surface area contributed by atoms with Crippen LogP contribution >= 0.6 is 23.4 Å². The Bertz CT molecular complexity index is 1200. The van der Waals surface area contributed by atoms with Gasteiger partial charge in [-0.25, -0.2) is 0 Å². The Labute approximate surface area is 190 Å². The zero-order valence-electron chi connectivity index (χ0n) is 17.2. The predicted molar refractivity (Wildman–Crippen MR) is 125 cm³/mol. The summed E-state index contributed by atoms with van der Waals surface area (Å²) in [5.41, 5.74) is 4.32. The molecule has 0 saturated carbocycles. The molecule has 1 aliphatic heterocycles.